The summed E-state index contributed by atoms with van der Waals surface area (Å²) in [7, 11) is 0. The van der Waals surface area contributed by atoms with Crippen LogP contribution in [0.3, 0.4) is 0 Å². The van der Waals surface area contributed by atoms with Gasteiger partial charge in [-0.15, -0.1) is 0 Å². The first-order valence-corrected chi connectivity index (χ1v) is 5.79. The zero-order chi connectivity index (χ0) is 14.8. The zero-order valence-corrected chi connectivity index (χ0v) is 11.1. The van der Waals surface area contributed by atoms with Crippen LogP contribution in [-0.4, -0.2) is 42.2 Å². The van der Waals surface area contributed by atoms with Crippen LogP contribution >= 0.6 is 0 Å². The molecule has 10 nitrogen and oxygen atoms in total. The van der Waals surface area contributed by atoms with Crippen molar-refractivity contribution in [2.24, 2.45) is 11.1 Å². The maximum absolute atomic E-state index is 11.2. The van der Waals surface area contributed by atoms with E-state index in [0.717, 1.165) is 0 Å². The number of aromatic nitrogens is 6. The highest BCUT2D eigenvalue weighted by Gasteiger charge is 2.25. The minimum Gasteiger partial charge on any atom is -0.369 e. The molecule has 0 fully saturated rings. The van der Waals surface area contributed by atoms with Crippen LogP contribution < -0.4 is 16.8 Å². The number of nitrogens with two attached hydrogens (primary N) is 2. The molecule has 5 N–H and O–H groups in total. The van der Waals surface area contributed by atoms with Gasteiger partial charge in [-0.1, -0.05) is 0 Å². The third kappa shape index (κ3) is 2.96. The molecule has 0 atom stereocenters. The number of hydrogen-bond acceptors (Lipinski definition) is 8. The summed E-state index contributed by atoms with van der Waals surface area (Å²) in [6.07, 6.45) is 2.79. The molecular formula is C10H15N9O. The average molecular weight is 277 g/mol. The molecule has 2 aromatic heterocycles. The zero-order valence-electron chi connectivity index (χ0n) is 11.1. The largest absolute Gasteiger partial charge is 0.369 e. The lowest BCUT2D eigenvalue weighted by Gasteiger charge is -2.20. The number of anilines is 2. The predicted octanol–water partition coefficient (Wildman–Crippen LogP) is -1.04. The van der Waals surface area contributed by atoms with Gasteiger partial charge in [0.1, 0.15) is 12.7 Å². The van der Waals surface area contributed by atoms with Gasteiger partial charge < -0.3 is 16.8 Å². The first-order chi connectivity index (χ1) is 9.38. The van der Waals surface area contributed by atoms with Gasteiger partial charge >= 0.3 is 0 Å². The fourth-order valence-corrected chi connectivity index (χ4v) is 1.26. The van der Waals surface area contributed by atoms with Gasteiger partial charge in [-0.2, -0.15) is 24.7 Å². The van der Waals surface area contributed by atoms with Crippen LogP contribution in [0.1, 0.15) is 13.8 Å². The molecule has 20 heavy (non-hydrogen) atoms. The molecule has 106 valence electrons. The normalized spacial score (nSPS) is 11.3. The molecular weight excluding hydrogens is 262 g/mol. The molecule has 2 heterocycles. The lowest BCUT2D eigenvalue weighted by molar-refractivity contribution is -0.125. The number of primary amides is 1. The van der Waals surface area contributed by atoms with Crippen LogP contribution in [0.25, 0.3) is 5.95 Å². The second-order valence-corrected chi connectivity index (χ2v) is 4.76. The molecule has 0 saturated carbocycles. The van der Waals surface area contributed by atoms with Crippen molar-refractivity contribution in [2.45, 2.75) is 13.8 Å². The van der Waals surface area contributed by atoms with Gasteiger partial charge in [0.05, 0.1) is 5.41 Å². The van der Waals surface area contributed by atoms with Crippen LogP contribution in [-0.2, 0) is 4.79 Å². The molecule has 2 rings (SSSR count). The van der Waals surface area contributed by atoms with Gasteiger partial charge in [-0.05, 0) is 13.8 Å². The van der Waals surface area contributed by atoms with Crippen molar-refractivity contribution in [3.8, 4) is 5.95 Å². The summed E-state index contributed by atoms with van der Waals surface area (Å²) >= 11 is 0. The van der Waals surface area contributed by atoms with Gasteiger partial charge in [0.25, 0.3) is 5.95 Å². The predicted molar refractivity (Wildman–Crippen MR) is 70.6 cm³/mol. The number of nitrogens with one attached hydrogen (secondary N) is 1. The molecule has 0 saturated heterocycles. The molecule has 2 aromatic rings. The van der Waals surface area contributed by atoms with E-state index in [4.69, 9.17) is 11.5 Å². The molecule has 0 radical (unpaired) electrons. The molecule has 0 aliphatic carbocycles. The number of nitrogen functional groups attached to an aromatic ring is 1. The quantitative estimate of drug-likeness (QED) is 0.626. The Morgan fingerprint density at radius 1 is 1.40 bits per heavy atom. The van der Waals surface area contributed by atoms with Crippen molar-refractivity contribution < 1.29 is 4.79 Å². The van der Waals surface area contributed by atoms with E-state index in [2.05, 4.69) is 30.4 Å². The second kappa shape index (κ2) is 5.07. The topological polar surface area (TPSA) is 151 Å². The fourth-order valence-electron chi connectivity index (χ4n) is 1.26. The molecule has 0 unspecified atom stereocenters. The van der Waals surface area contributed by atoms with Crippen LogP contribution in [0.5, 0.6) is 0 Å². The van der Waals surface area contributed by atoms with Gasteiger partial charge in [-0.3, -0.25) is 4.79 Å². The van der Waals surface area contributed by atoms with Crippen molar-refractivity contribution in [2.75, 3.05) is 17.6 Å². The molecule has 0 spiro atoms. The third-order valence-corrected chi connectivity index (χ3v) is 2.62. The van der Waals surface area contributed by atoms with Crippen LogP contribution in [0.4, 0.5) is 11.9 Å². The van der Waals surface area contributed by atoms with E-state index in [1.54, 1.807) is 13.8 Å². The van der Waals surface area contributed by atoms with Crippen LogP contribution in [0.15, 0.2) is 12.7 Å². The van der Waals surface area contributed by atoms with E-state index in [0.29, 0.717) is 0 Å². The molecule has 10 heteroatoms. The fraction of sp³-hybridized carbons (Fsp3) is 0.400. The third-order valence-electron chi connectivity index (χ3n) is 2.62. The number of rotatable bonds is 5. The molecule has 0 aromatic carbocycles. The standard InChI is InChI=1S/C10H15N9O/c1-10(2,6(11)20)3-14-8-16-7(12)17-9(18-8)19-5-13-4-15-19/h4-5H,3H2,1-2H3,(H2,11,20)(H3,12,14,16,17,18). The minimum atomic E-state index is -0.741. The molecule has 0 bridgehead atoms. The van der Waals surface area contributed by atoms with Crippen molar-refractivity contribution in [1.82, 2.24) is 29.7 Å². The second-order valence-electron chi connectivity index (χ2n) is 4.76. The lowest BCUT2D eigenvalue weighted by atomic mass is 9.93. The minimum absolute atomic E-state index is 0.0323. The number of nitrogens with zero attached hydrogens (tertiary/aromatic N) is 6. The highest BCUT2D eigenvalue weighted by atomic mass is 16.1. The molecule has 0 aliphatic rings. The summed E-state index contributed by atoms with van der Waals surface area (Å²) in [4.78, 5) is 27.1. The number of hydrogen-bond donors (Lipinski definition) is 3. The highest BCUT2D eigenvalue weighted by Crippen LogP contribution is 2.15. The maximum atomic E-state index is 11.2. The Bertz CT molecular complexity index is 607. The summed E-state index contributed by atoms with van der Waals surface area (Å²) in [6.45, 7) is 3.69. The Morgan fingerprint density at radius 3 is 2.75 bits per heavy atom. The summed E-state index contributed by atoms with van der Waals surface area (Å²) in [5.41, 5.74) is 10.2. The Morgan fingerprint density at radius 2 is 2.15 bits per heavy atom. The monoisotopic (exact) mass is 277 g/mol. The van der Waals surface area contributed by atoms with Crippen molar-refractivity contribution in [3.05, 3.63) is 12.7 Å². The van der Waals surface area contributed by atoms with Crippen molar-refractivity contribution in [3.63, 3.8) is 0 Å². The van der Waals surface area contributed by atoms with Crippen LogP contribution in [0, 0.1) is 5.41 Å². The average Bonchev–Trinajstić information content (AvgIpc) is 2.89. The van der Waals surface area contributed by atoms with E-state index >= 15 is 0 Å². The number of amides is 1. The van der Waals surface area contributed by atoms with Crippen molar-refractivity contribution >= 4 is 17.8 Å². The molecule has 1 amide bonds. The van der Waals surface area contributed by atoms with E-state index < -0.39 is 11.3 Å². The van der Waals surface area contributed by atoms with Gasteiger partial charge in [0.15, 0.2) is 0 Å². The summed E-state index contributed by atoms with van der Waals surface area (Å²) in [5, 5.41) is 6.81. The highest BCUT2D eigenvalue weighted by molar-refractivity contribution is 5.80. The first-order valence-electron chi connectivity index (χ1n) is 5.79. The van der Waals surface area contributed by atoms with E-state index in [1.807, 2.05) is 0 Å². The number of carbonyl (C=O) groups excluding carboxylic acids is 1. The van der Waals surface area contributed by atoms with Gasteiger partial charge in [0, 0.05) is 6.54 Å². The Hall–Kier alpha value is -2.78. The van der Waals surface area contributed by atoms with Gasteiger partial charge in [0.2, 0.25) is 17.8 Å². The summed E-state index contributed by atoms with van der Waals surface area (Å²) < 4.78 is 1.35. The first kappa shape index (κ1) is 13.6. The van der Waals surface area contributed by atoms with E-state index in [1.165, 1.54) is 17.3 Å². The number of carbonyl (C=O) groups is 1. The SMILES string of the molecule is CC(C)(CNc1nc(N)nc(-n2cncn2)n1)C(N)=O. The van der Waals surface area contributed by atoms with E-state index in [-0.39, 0.29) is 24.4 Å². The maximum Gasteiger partial charge on any atom is 0.258 e. The van der Waals surface area contributed by atoms with Crippen molar-refractivity contribution in [1.29, 1.82) is 0 Å². The van der Waals surface area contributed by atoms with E-state index in [9.17, 15) is 4.79 Å². The Balaban J connectivity index is 2.19. The Labute approximate surface area is 114 Å². The summed E-state index contributed by atoms with van der Waals surface area (Å²) in [5.74, 6) is 0.0696. The van der Waals surface area contributed by atoms with Gasteiger partial charge in [-0.25, -0.2) is 4.98 Å². The summed E-state index contributed by atoms with van der Waals surface area (Å²) in [6, 6.07) is 0. The Kier molecular flexibility index (Phi) is 3.46. The molecule has 0 aliphatic heterocycles. The van der Waals surface area contributed by atoms with Crippen LogP contribution in [0.2, 0.25) is 0 Å². The smallest absolute Gasteiger partial charge is 0.258 e. The lowest BCUT2D eigenvalue weighted by Crippen LogP contribution is -2.37.